The van der Waals surface area contributed by atoms with Gasteiger partial charge in [0.05, 0.1) is 23.3 Å². The van der Waals surface area contributed by atoms with Crippen molar-refractivity contribution in [2.45, 2.75) is 31.4 Å². The quantitative estimate of drug-likeness (QED) is 0.528. The Morgan fingerprint density at radius 2 is 1.89 bits per heavy atom. The second-order valence-electron chi connectivity index (χ2n) is 8.79. The molecule has 3 rings (SSSR count). The van der Waals surface area contributed by atoms with Crippen LogP contribution in [0.3, 0.4) is 0 Å². The van der Waals surface area contributed by atoms with Crippen LogP contribution >= 0.6 is 23.2 Å². The van der Waals surface area contributed by atoms with Crippen LogP contribution in [-0.2, 0) is 14.3 Å². The number of nitrogens with one attached hydrogen (secondary N) is 1. The van der Waals surface area contributed by atoms with Crippen molar-refractivity contribution in [2.75, 3.05) is 52.9 Å². The van der Waals surface area contributed by atoms with Crippen LogP contribution < -0.4 is 5.32 Å². The molecule has 9 nitrogen and oxygen atoms in total. The second kappa shape index (κ2) is 13.1. The van der Waals surface area contributed by atoms with Crippen molar-refractivity contribution in [3.05, 3.63) is 39.9 Å². The Hall–Kier alpha value is -2.33. The third-order valence-electron chi connectivity index (χ3n) is 6.26. The maximum absolute atomic E-state index is 12.6. The Morgan fingerprint density at radius 1 is 1.14 bits per heavy atom. The first kappa shape index (κ1) is 27.3. The Balaban J connectivity index is 1.44. The van der Waals surface area contributed by atoms with Gasteiger partial charge in [-0.3, -0.25) is 9.59 Å². The smallest absolute Gasteiger partial charge is 0.407 e. The number of hydrogen-bond donors (Lipinski definition) is 2. The molecule has 2 aliphatic heterocycles. The number of aliphatic hydroxyl groups excluding tert-OH is 1. The molecule has 2 aliphatic rings. The van der Waals surface area contributed by atoms with Gasteiger partial charge in [-0.25, -0.2) is 4.79 Å². The predicted octanol–water partition coefficient (Wildman–Crippen LogP) is 2.25. The van der Waals surface area contributed by atoms with E-state index in [4.69, 9.17) is 23.2 Å². The van der Waals surface area contributed by atoms with Gasteiger partial charge >= 0.3 is 6.09 Å². The summed E-state index contributed by atoms with van der Waals surface area (Å²) in [5.74, 6) is -0.261. The number of hydrogen-bond acceptors (Lipinski definition) is 6. The van der Waals surface area contributed by atoms with Crippen LogP contribution in [0.25, 0.3) is 6.08 Å². The van der Waals surface area contributed by atoms with Crippen LogP contribution in [0.1, 0.15) is 24.8 Å². The van der Waals surface area contributed by atoms with E-state index in [-0.39, 0.29) is 30.8 Å². The molecule has 2 fully saturated rings. The minimum atomic E-state index is -0.694. The SMILES string of the molecule is COC(=O)NC1CCN(CC(O)CN2CCN(C(=O)C=Cc3ccc(Cl)c(Cl)c3)CCC2=O)CC1. The van der Waals surface area contributed by atoms with Crippen molar-refractivity contribution < 1.29 is 24.2 Å². The molecule has 0 spiro atoms. The molecule has 192 valence electrons. The van der Waals surface area contributed by atoms with Crippen molar-refractivity contribution in [2.24, 2.45) is 0 Å². The zero-order valence-electron chi connectivity index (χ0n) is 19.8. The minimum Gasteiger partial charge on any atom is -0.453 e. The van der Waals surface area contributed by atoms with E-state index in [9.17, 15) is 19.5 Å². The summed E-state index contributed by atoms with van der Waals surface area (Å²) in [6.07, 6.45) is 3.77. The largest absolute Gasteiger partial charge is 0.453 e. The summed E-state index contributed by atoms with van der Waals surface area (Å²) in [6.45, 7) is 3.25. The summed E-state index contributed by atoms with van der Waals surface area (Å²) in [6, 6.07) is 5.19. The lowest BCUT2D eigenvalue weighted by Crippen LogP contribution is -2.48. The minimum absolute atomic E-state index is 0.0669. The fraction of sp³-hybridized carbons (Fsp3) is 0.542. The fourth-order valence-corrected chi connectivity index (χ4v) is 4.57. The molecule has 2 saturated heterocycles. The normalized spacial score (nSPS) is 19.0. The molecule has 2 N–H and O–H groups in total. The summed E-state index contributed by atoms with van der Waals surface area (Å²) in [5.41, 5.74) is 0.758. The number of nitrogens with zero attached hydrogens (tertiary/aromatic N) is 3. The Labute approximate surface area is 215 Å². The lowest BCUT2D eigenvalue weighted by Gasteiger charge is -2.34. The number of likely N-dealkylation sites (tertiary alicyclic amines) is 1. The number of piperidine rings is 1. The van der Waals surface area contributed by atoms with Gasteiger partial charge in [0.15, 0.2) is 0 Å². The van der Waals surface area contributed by atoms with Crippen LogP contribution in [0.5, 0.6) is 0 Å². The van der Waals surface area contributed by atoms with Gasteiger partial charge in [-0.05, 0) is 36.6 Å². The third-order valence-corrected chi connectivity index (χ3v) is 7.00. The number of β-amino-alcohol motifs (C(OH)–C–C–N with tert-alkyl or cyclic N) is 1. The molecule has 3 amide bonds. The monoisotopic (exact) mass is 526 g/mol. The molecule has 1 aromatic rings. The number of alkyl carbamates (subject to hydrolysis) is 1. The van der Waals surface area contributed by atoms with Gasteiger partial charge in [-0.15, -0.1) is 0 Å². The van der Waals surface area contributed by atoms with Crippen LogP contribution in [0.15, 0.2) is 24.3 Å². The van der Waals surface area contributed by atoms with Gasteiger partial charge in [0.1, 0.15) is 0 Å². The molecule has 1 atom stereocenters. The van der Waals surface area contributed by atoms with E-state index in [2.05, 4.69) is 15.0 Å². The number of carbonyl (C=O) groups excluding carboxylic acids is 3. The molecule has 1 aromatic carbocycles. The maximum Gasteiger partial charge on any atom is 0.407 e. The van der Waals surface area contributed by atoms with Gasteiger partial charge in [-0.2, -0.15) is 0 Å². The molecule has 0 saturated carbocycles. The number of methoxy groups -OCH3 is 1. The topological polar surface area (TPSA) is 102 Å². The number of halogens is 2. The maximum atomic E-state index is 12.6. The molecule has 0 aromatic heterocycles. The lowest BCUT2D eigenvalue weighted by molar-refractivity contribution is -0.131. The van der Waals surface area contributed by atoms with E-state index in [1.807, 2.05) is 0 Å². The van der Waals surface area contributed by atoms with E-state index >= 15 is 0 Å². The molecular weight excluding hydrogens is 495 g/mol. The first-order valence-electron chi connectivity index (χ1n) is 11.7. The fourth-order valence-electron chi connectivity index (χ4n) is 4.26. The van der Waals surface area contributed by atoms with Crippen molar-refractivity contribution in [1.29, 1.82) is 0 Å². The summed E-state index contributed by atoms with van der Waals surface area (Å²) in [5, 5.41) is 14.3. The summed E-state index contributed by atoms with van der Waals surface area (Å²) in [4.78, 5) is 42.0. The first-order chi connectivity index (χ1) is 16.7. The number of carbonyl (C=O) groups is 3. The Bertz CT molecular complexity index is 936. The van der Waals surface area contributed by atoms with Crippen molar-refractivity contribution in [3.63, 3.8) is 0 Å². The van der Waals surface area contributed by atoms with Crippen molar-refractivity contribution in [1.82, 2.24) is 20.0 Å². The second-order valence-corrected chi connectivity index (χ2v) is 9.60. The summed E-state index contributed by atoms with van der Waals surface area (Å²) in [7, 11) is 1.34. The van der Waals surface area contributed by atoms with Gasteiger partial charge in [0.25, 0.3) is 0 Å². The summed E-state index contributed by atoms with van der Waals surface area (Å²) < 4.78 is 4.63. The van der Waals surface area contributed by atoms with Gasteiger partial charge in [0.2, 0.25) is 11.8 Å². The standard InChI is InChI=1S/C24H32Cl2N4O5/c1-35-24(34)27-18-6-9-28(10-7-18)15-19(31)16-30-13-12-29(11-8-23(30)33)22(32)5-3-17-2-4-20(25)21(26)14-17/h2-5,14,18-19,31H,6-13,15-16H2,1H3,(H,27,34). The van der Waals surface area contributed by atoms with E-state index in [0.29, 0.717) is 36.2 Å². The molecular formula is C24H32Cl2N4O5. The predicted molar refractivity (Wildman–Crippen MR) is 134 cm³/mol. The number of aliphatic hydroxyl groups is 1. The van der Waals surface area contributed by atoms with Crippen LogP contribution in [0.2, 0.25) is 10.0 Å². The zero-order chi connectivity index (χ0) is 25.4. The van der Waals surface area contributed by atoms with E-state index < -0.39 is 12.2 Å². The highest BCUT2D eigenvalue weighted by atomic mass is 35.5. The Kier molecular flexibility index (Phi) is 10.2. The molecule has 0 bridgehead atoms. The average Bonchev–Trinajstić information content (AvgIpc) is 3.02. The molecule has 1 unspecified atom stereocenters. The van der Waals surface area contributed by atoms with Gasteiger partial charge < -0.3 is 29.9 Å². The van der Waals surface area contributed by atoms with E-state index in [0.717, 1.165) is 31.5 Å². The van der Waals surface area contributed by atoms with Crippen molar-refractivity contribution in [3.8, 4) is 0 Å². The molecule has 2 heterocycles. The highest BCUT2D eigenvalue weighted by Crippen LogP contribution is 2.23. The average molecular weight is 527 g/mol. The summed E-state index contributed by atoms with van der Waals surface area (Å²) >= 11 is 11.9. The highest BCUT2D eigenvalue weighted by molar-refractivity contribution is 6.42. The lowest BCUT2D eigenvalue weighted by atomic mass is 10.0. The zero-order valence-corrected chi connectivity index (χ0v) is 21.3. The molecule has 11 heteroatoms. The van der Waals surface area contributed by atoms with Crippen LogP contribution in [-0.4, -0.2) is 103 Å². The number of rotatable bonds is 7. The number of ether oxygens (including phenoxy) is 1. The van der Waals surface area contributed by atoms with Crippen molar-refractivity contribution >= 4 is 47.2 Å². The Morgan fingerprint density at radius 3 is 2.57 bits per heavy atom. The molecule has 0 radical (unpaired) electrons. The van der Waals surface area contributed by atoms with Gasteiger partial charge in [-0.1, -0.05) is 29.3 Å². The van der Waals surface area contributed by atoms with Gasteiger partial charge in [0, 0.05) is 64.4 Å². The highest BCUT2D eigenvalue weighted by Gasteiger charge is 2.27. The van der Waals surface area contributed by atoms with E-state index in [1.54, 1.807) is 34.1 Å². The first-order valence-corrected chi connectivity index (χ1v) is 12.5. The van der Waals surface area contributed by atoms with E-state index in [1.165, 1.54) is 13.2 Å². The molecule has 35 heavy (non-hydrogen) atoms. The number of benzene rings is 1. The third kappa shape index (κ3) is 8.38. The number of amides is 3. The van der Waals surface area contributed by atoms with Crippen LogP contribution in [0, 0.1) is 0 Å². The van der Waals surface area contributed by atoms with Crippen LogP contribution in [0.4, 0.5) is 4.79 Å². The molecule has 0 aliphatic carbocycles.